The van der Waals surface area contributed by atoms with E-state index in [2.05, 4.69) is 85.9 Å². The molecule has 0 aliphatic carbocycles. The molecule has 2 heterocycles. The Morgan fingerprint density at radius 1 is 0.690 bits per heavy atom. The molecule has 0 radical (unpaired) electrons. The largest absolute Gasteiger partial charge is 0.299 e. The molecule has 2 aromatic carbocycles. The van der Waals surface area contributed by atoms with E-state index >= 15 is 0 Å². The van der Waals surface area contributed by atoms with E-state index < -0.39 is 0 Å². The first kappa shape index (κ1) is 19.1. The van der Waals surface area contributed by atoms with Crippen LogP contribution < -0.4 is 0 Å². The molecule has 0 atom stereocenters. The molecule has 0 aliphatic rings. The molecule has 4 rings (SSSR count). The second-order valence-electron chi connectivity index (χ2n) is 8.01. The summed E-state index contributed by atoms with van der Waals surface area (Å²) < 4.78 is 2.25. The third-order valence-electron chi connectivity index (χ3n) is 5.29. The van der Waals surface area contributed by atoms with Crippen molar-refractivity contribution in [2.75, 3.05) is 0 Å². The Labute approximate surface area is 173 Å². The monoisotopic (exact) mass is 381 g/mol. The topological polar surface area (TPSA) is 30.7 Å². The standard InChI is InChI=1S/C26H27N3/c1-18(2)22-16-21(24-12-8-9-13-27-24)17-23(19(3)4)25(22)29-15-14-28-26(29)20-10-6-5-7-11-20/h5-19H,1-4H3. The first-order valence-corrected chi connectivity index (χ1v) is 10.2. The summed E-state index contributed by atoms with van der Waals surface area (Å²) >= 11 is 0. The zero-order chi connectivity index (χ0) is 20.4. The maximum absolute atomic E-state index is 4.69. The lowest BCUT2D eigenvalue weighted by molar-refractivity contribution is 0.807. The van der Waals surface area contributed by atoms with E-state index in [4.69, 9.17) is 4.98 Å². The third-order valence-corrected chi connectivity index (χ3v) is 5.29. The normalized spacial score (nSPS) is 11.4. The van der Waals surface area contributed by atoms with E-state index in [0.717, 1.165) is 17.1 Å². The molecule has 3 heteroatoms. The molecule has 0 saturated carbocycles. The van der Waals surface area contributed by atoms with Gasteiger partial charge in [0.05, 0.1) is 11.4 Å². The minimum atomic E-state index is 0.372. The Bertz CT molecular complexity index is 1060. The highest BCUT2D eigenvalue weighted by atomic mass is 15.1. The lowest BCUT2D eigenvalue weighted by Gasteiger charge is -2.23. The van der Waals surface area contributed by atoms with Crippen LogP contribution in [0.5, 0.6) is 0 Å². The van der Waals surface area contributed by atoms with Gasteiger partial charge in [0.2, 0.25) is 0 Å². The van der Waals surface area contributed by atoms with Crippen molar-refractivity contribution in [2.24, 2.45) is 0 Å². The van der Waals surface area contributed by atoms with Crippen molar-refractivity contribution in [3.05, 3.63) is 90.4 Å². The van der Waals surface area contributed by atoms with Crippen LogP contribution in [0.25, 0.3) is 28.3 Å². The molecule has 0 fully saturated rings. The zero-order valence-electron chi connectivity index (χ0n) is 17.5. The predicted molar refractivity (Wildman–Crippen MR) is 120 cm³/mol. The number of rotatable bonds is 5. The van der Waals surface area contributed by atoms with Crippen LogP contribution in [0, 0.1) is 0 Å². The van der Waals surface area contributed by atoms with Gasteiger partial charge >= 0.3 is 0 Å². The number of benzene rings is 2. The molecule has 29 heavy (non-hydrogen) atoms. The number of imidazole rings is 1. The fourth-order valence-corrected chi connectivity index (χ4v) is 3.80. The minimum Gasteiger partial charge on any atom is -0.299 e. The second kappa shape index (κ2) is 8.04. The van der Waals surface area contributed by atoms with Crippen molar-refractivity contribution in [3.63, 3.8) is 0 Å². The summed E-state index contributed by atoms with van der Waals surface area (Å²) in [4.78, 5) is 9.28. The van der Waals surface area contributed by atoms with Crippen molar-refractivity contribution in [1.82, 2.24) is 14.5 Å². The molecule has 4 aromatic rings. The fraction of sp³-hybridized carbons (Fsp3) is 0.231. The number of hydrogen-bond donors (Lipinski definition) is 0. The summed E-state index contributed by atoms with van der Waals surface area (Å²) in [6.45, 7) is 9.02. The summed E-state index contributed by atoms with van der Waals surface area (Å²) in [5.74, 6) is 1.72. The van der Waals surface area contributed by atoms with E-state index in [1.165, 1.54) is 22.4 Å². The molecular weight excluding hydrogens is 354 g/mol. The zero-order valence-corrected chi connectivity index (χ0v) is 17.5. The molecule has 0 amide bonds. The highest BCUT2D eigenvalue weighted by molar-refractivity contribution is 5.69. The maximum atomic E-state index is 4.69. The fourth-order valence-electron chi connectivity index (χ4n) is 3.80. The van der Waals surface area contributed by atoms with Gasteiger partial charge in [0.1, 0.15) is 5.82 Å². The smallest absolute Gasteiger partial charge is 0.144 e. The van der Waals surface area contributed by atoms with Gasteiger partial charge in [-0.25, -0.2) is 4.98 Å². The average Bonchev–Trinajstić information content (AvgIpc) is 3.23. The predicted octanol–water partition coefficient (Wildman–Crippen LogP) is 6.85. The summed E-state index contributed by atoms with van der Waals surface area (Å²) in [5.41, 5.74) is 7.17. The second-order valence-corrected chi connectivity index (χ2v) is 8.01. The van der Waals surface area contributed by atoms with E-state index in [9.17, 15) is 0 Å². The van der Waals surface area contributed by atoms with E-state index in [0.29, 0.717) is 11.8 Å². The van der Waals surface area contributed by atoms with Crippen LogP contribution in [0.2, 0.25) is 0 Å². The molecule has 0 aliphatic heterocycles. The lowest BCUT2D eigenvalue weighted by Crippen LogP contribution is -2.09. The van der Waals surface area contributed by atoms with Gasteiger partial charge in [-0.3, -0.25) is 9.55 Å². The van der Waals surface area contributed by atoms with Crippen LogP contribution in [-0.4, -0.2) is 14.5 Å². The maximum Gasteiger partial charge on any atom is 0.144 e. The number of nitrogens with zero attached hydrogens (tertiary/aromatic N) is 3. The van der Waals surface area contributed by atoms with Crippen molar-refractivity contribution in [2.45, 2.75) is 39.5 Å². The summed E-state index contributed by atoms with van der Waals surface area (Å²) in [6.07, 6.45) is 5.83. The van der Waals surface area contributed by atoms with Gasteiger partial charge in [-0.2, -0.15) is 0 Å². The Hall–Kier alpha value is -3.20. The Morgan fingerprint density at radius 3 is 1.93 bits per heavy atom. The Morgan fingerprint density at radius 2 is 1.34 bits per heavy atom. The first-order valence-electron chi connectivity index (χ1n) is 10.2. The first-order chi connectivity index (χ1) is 14.1. The average molecular weight is 382 g/mol. The van der Waals surface area contributed by atoms with Crippen LogP contribution >= 0.6 is 0 Å². The van der Waals surface area contributed by atoms with Crippen LogP contribution in [0.3, 0.4) is 0 Å². The van der Waals surface area contributed by atoms with Gasteiger partial charge in [-0.05, 0) is 47.2 Å². The van der Waals surface area contributed by atoms with Crippen molar-refractivity contribution in [1.29, 1.82) is 0 Å². The number of aromatic nitrogens is 3. The van der Waals surface area contributed by atoms with Crippen molar-refractivity contribution in [3.8, 4) is 28.3 Å². The van der Waals surface area contributed by atoms with E-state index in [1.54, 1.807) is 0 Å². The van der Waals surface area contributed by atoms with Gasteiger partial charge in [0.25, 0.3) is 0 Å². The van der Waals surface area contributed by atoms with E-state index in [1.807, 2.05) is 30.6 Å². The Balaban J connectivity index is 1.98. The molecule has 0 N–H and O–H groups in total. The molecule has 0 saturated heterocycles. The van der Waals surface area contributed by atoms with Gasteiger partial charge < -0.3 is 0 Å². The Kier molecular flexibility index (Phi) is 5.30. The van der Waals surface area contributed by atoms with Gasteiger partial charge in [0, 0.05) is 29.7 Å². The molecule has 2 aromatic heterocycles. The van der Waals surface area contributed by atoms with Crippen molar-refractivity contribution >= 4 is 0 Å². The molecule has 3 nitrogen and oxygen atoms in total. The van der Waals surface area contributed by atoms with Crippen LogP contribution in [-0.2, 0) is 0 Å². The van der Waals surface area contributed by atoms with Crippen LogP contribution in [0.15, 0.2) is 79.3 Å². The van der Waals surface area contributed by atoms with Crippen LogP contribution in [0.1, 0.15) is 50.7 Å². The van der Waals surface area contributed by atoms with Gasteiger partial charge in [-0.1, -0.05) is 64.1 Å². The molecular formula is C26H27N3. The minimum absolute atomic E-state index is 0.372. The van der Waals surface area contributed by atoms with E-state index in [-0.39, 0.29) is 0 Å². The highest BCUT2D eigenvalue weighted by Crippen LogP contribution is 2.37. The number of hydrogen-bond acceptors (Lipinski definition) is 2. The lowest BCUT2D eigenvalue weighted by atomic mass is 9.89. The van der Waals surface area contributed by atoms with Crippen LogP contribution in [0.4, 0.5) is 0 Å². The SMILES string of the molecule is CC(C)c1cc(-c2ccccn2)cc(C(C)C)c1-n1ccnc1-c1ccccc1. The summed E-state index contributed by atoms with van der Waals surface area (Å²) in [6, 6.07) is 21.1. The summed E-state index contributed by atoms with van der Waals surface area (Å²) in [7, 11) is 0. The van der Waals surface area contributed by atoms with Gasteiger partial charge in [-0.15, -0.1) is 0 Å². The third kappa shape index (κ3) is 3.73. The molecule has 0 spiro atoms. The quantitative estimate of drug-likeness (QED) is 0.378. The molecule has 0 bridgehead atoms. The molecule has 146 valence electrons. The van der Waals surface area contributed by atoms with Gasteiger partial charge in [0.15, 0.2) is 0 Å². The molecule has 0 unspecified atom stereocenters. The highest BCUT2D eigenvalue weighted by Gasteiger charge is 2.20. The number of pyridine rings is 1. The van der Waals surface area contributed by atoms with Crippen molar-refractivity contribution < 1.29 is 0 Å². The summed E-state index contributed by atoms with van der Waals surface area (Å²) in [5, 5.41) is 0.